The highest BCUT2D eigenvalue weighted by Crippen LogP contribution is 2.28. The first-order valence-electron chi connectivity index (χ1n) is 8.21. The molecule has 0 saturated heterocycles. The summed E-state index contributed by atoms with van der Waals surface area (Å²) in [6, 6.07) is 9.24. The Morgan fingerprint density at radius 1 is 1.10 bits per heavy atom. The molecule has 1 aromatic rings. The number of benzene rings is 1. The Balaban J connectivity index is 1.94. The first kappa shape index (κ1) is 15.5. The summed E-state index contributed by atoms with van der Waals surface area (Å²) < 4.78 is 0. The van der Waals surface area contributed by atoms with E-state index in [2.05, 4.69) is 43.4 Å². The predicted molar refractivity (Wildman–Crippen MR) is 84.9 cm³/mol. The molecule has 1 atom stereocenters. The van der Waals surface area contributed by atoms with Crippen LogP contribution in [0.4, 0.5) is 0 Å². The molecule has 1 saturated carbocycles. The van der Waals surface area contributed by atoms with Gasteiger partial charge in [0, 0.05) is 12.6 Å². The fraction of sp³-hybridized carbons (Fsp3) is 0.667. The van der Waals surface area contributed by atoms with E-state index in [1.807, 2.05) is 0 Å². The maximum atomic E-state index is 10.6. The lowest BCUT2D eigenvalue weighted by Crippen LogP contribution is -2.43. The first-order valence-corrected chi connectivity index (χ1v) is 8.21. The Hall–Kier alpha value is -0.860. The van der Waals surface area contributed by atoms with Gasteiger partial charge in [-0.2, -0.15) is 0 Å². The van der Waals surface area contributed by atoms with Crippen LogP contribution < -0.4 is 5.32 Å². The van der Waals surface area contributed by atoms with Crippen molar-refractivity contribution in [1.29, 1.82) is 0 Å². The highest BCUT2D eigenvalue weighted by atomic mass is 16.3. The van der Waals surface area contributed by atoms with E-state index in [1.54, 1.807) is 0 Å². The third-order valence-corrected chi connectivity index (χ3v) is 4.66. The molecule has 1 aliphatic rings. The second kappa shape index (κ2) is 7.24. The Kier molecular flexibility index (Phi) is 5.62. The smallest absolute Gasteiger partial charge is 0.0771 e. The van der Waals surface area contributed by atoms with Gasteiger partial charge in [-0.15, -0.1) is 0 Å². The van der Waals surface area contributed by atoms with Gasteiger partial charge in [0.05, 0.1) is 5.60 Å². The van der Waals surface area contributed by atoms with Gasteiger partial charge >= 0.3 is 0 Å². The van der Waals surface area contributed by atoms with Crippen LogP contribution in [0.25, 0.3) is 0 Å². The maximum absolute atomic E-state index is 10.6. The van der Waals surface area contributed by atoms with Crippen LogP contribution in [-0.2, 0) is 6.42 Å². The molecule has 1 fully saturated rings. The quantitative estimate of drug-likeness (QED) is 0.823. The first-order chi connectivity index (χ1) is 9.67. The molecule has 0 spiro atoms. The highest BCUT2D eigenvalue weighted by Gasteiger charge is 2.29. The normalized spacial score (nSPS) is 19.8. The van der Waals surface area contributed by atoms with Gasteiger partial charge < -0.3 is 10.4 Å². The van der Waals surface area contributed by atoms with E-state index in [0.29, 0.717) is 6.04 Å². The van der Waals surface area contributed by atoms with Gasteiger partial charge in [-0.05, 0) is 36.8 Å². The molecule has 20 heavy (non-hydrogen) atoms. The lowest BCUT2D eigenvalue weighted by molar-refractivity contribution is 0.00248. The summed E-state index contributed by atoms with van der Waals surface area (Å²) in [5.41, 5.74) is 2.24. The highest BCUT2D eigenvalue weighted by molar-refractivity contribution is 5.25. The van der Waals surface area contributed by atoms with E-state index in [4.69, 9.17) is 0 Å². The van der Waals surface area contributed by atoms with E-state index in [-0.39, 0.29) is 0 Å². The maximum Gasteiger partial charge on any atom is 0.0771 e. The van der Waals surface area contributed by atoms with Crippen LogP contribution in [0.15, 0.2) is 24.3 Å². The summed E-state index contributed by atoms with van der Waals surface area (Å²) in [6.07, 6.45) is 7.65. The Morgan fingerprint density at radius 2 is 1.75 bits per heavy atom. The Labute approximate surface area is 123 Å². The van der Waals surface area contributed by atoms with Gasteiger partial charge in [-0.25, -0.2) is 0 Å². The minimum Gasteiger partial charge on any atom is -0.389 e. The van der Waals surface area contributed by atoms with Crippen molar-refractivity contribution >= 4 is 0 Å². The Bertz CT molecular complexity index is 392. The zero-order valence-electron chi connectivity index (χ0n) is 13.0. The molecule has 0 heterocycles. The molecule has 1 aromatic carbocycles. The number of rotatable bonds is 6. The number of hydrogen-bond acceptors (Lipinski definition) is 2. The molecule has 112 valence electrons. The molecule has 0 aromatic heterocycles. The van der Waals surface area contributed by atoms with Crippen LogP contribution in [0.3, 0.4) is 0 Å². The van der Waals surface area contributed by atoms with Crippen LogP contribution in [0.2, 0.25) is 0 Å². The molecular weight excluding hydrogens is 246 g/mol. The van der Waals surface area contributed by atoms with Crippen molar-refractivity contribution in [3.63, 3.8) is 0 Å². The molecule has 2 heteroatoms. The van der Waals surface area contributed by atoms with Crippen molar-refractivity contribution in [1.82, 2.24) is 5.32 Å². The van der Waals surface area contributed by atoms with Crippen LogP contribution in [0.5, 0.6) is 0 Å². The summed E-state index contributed by atoms with van der Waals surface area (Å²) in [4.78, 5) is 0. The summed E-state index contributed by atoms with van der Waals surface area (Å²) in [6.45, 7) is 5.11. The van der Waals surface area contributed by atoms with Crippen LogP contribution >= 0.6 is 0 Å². The SMILES string of the molecule is CCc1ccc(C(CC)NCC2(O)CCCCC2)cc1. The van der Waals surface area contributed by atoms with Crippen molar-refractivity contribution < 1.29 is 5.11 Å². The molecule has 2 N–H and O–H groups in total. The number of nitrogens with one attached hydrogen (secondary N) is 1. The van der Waals surface area contributed by atoms with E-state index >= 15 is 0 Å². The molecule has 2 rings (SSSR count). The lowest BCUT2D eigenvalue weighted by atomic mass is 9.84. The van der Waals surface area contributed by atoms with Crippen molar-refractivity contribution in [2.24, 2.45) is 0 Å². The molecule has 0 amide bonds. The third kappa shape index (κ3) is 4.07. The summed E-state index contributed by atoms with van der Waals surface area (Å²) in [5, 5.41) is 14.2. The zero-order valence-corrected chi connectivity index (χ0v) is 13.0. The van der Waals surface area contributed by atoms with E-state index in [1.165, 1.54) is 30.4 Å². The van der Waals surface area contributed by atoms with Crippen LogP contribution in [0.1, 0.15) is 69.5 Å². The molecule has 0 bridgehead atoms. The van der Waals surface area contributed by atoms with Gasteiger partial charge in [0.1, 0.15) is 0 Å². The van der Waals surface area contributed by atoms with Gasteiger partial charge in [0.15, 0.2) is 0 Å². The van der Waals surface area contributed by atoms with Crippen molar-refractivity contribution in [2.75, 3.05) is 6.54 Å². The van der Waals surface area contributed by atoms with Gasteiger partial charge in [-0.3, -0.25) is 0 Å². The van der Waals surface area contributed by atoms with Gasteiger partial charge in [0.25, 0.3) is 0 Å². The molecular formula is C18H29NO. The Morgan fingerprint density at radius 3 is 2.30 bits per heavy atom. The summed E-state index contributed by atoms with van der Waals surface area (Å²) in [5.74, 6) is 0. The summed E-state index contributed by atoms with van der Waals surface area (Å²) in [7, 11) is 0. The number of aryl methyl sites for hydroxylation is 1. The zero-order chi connectivity index (χ0) is 14.4. The molecule has 0 radical (unpaired) electrons. The van der Waals surface area contributed by atoms with Crippen molar-refractivity contribution in [3.05, 3.63) is 35.4 Å². The predicted octanol–water partition coefficient (Wildman–Crippen LogP) is 3.98. The molecule has 2 nitrogen and oxygen atoms in total. The standard InChI is InChI=1S/C18H29NO/c1-3-15-8-10-16(11-9-15)17(4-2)19-14-18(20)12-6-5-7-13-18/h8-11,17,19-20H,3-7,12-14H2,1-2H3. The number of hydrogen-bond donors (Lipinski definition) is 2. The van der Waals surface area contributed by atoms with Gasteiger partial charge in [-0.1, -0.05) is 57.4 Å². The fourth-order valence-corrected chi connectivity index (χ4v) is 3.18. The monoisotopic (exact) mass is 275 g/mol. The average molecular weight is 275 g/mol. The fourth-order valence-electron chi connectivity index (χ4n) is 3.18. The summed E-state index contributed by atoms with van der Waals surface area (Å²) >= 11 is 0. The minimum atomic E-state index is -0.477. The van der Waals surface area contributed by atoms with Crippen LogP contribution in [-0.4, -0.2) is 17.3 Å². The average Bonchev–Trinajstić information content (AvgIpc) is 2.49. The van der Waals surface area contributed by atoms with Gasteiger partial charge in [0.2, 0.25) is 0 Å². The van der Waals surface area contributed by atoms with E-state index in [9.17, 15) is 5.11 Å². The number of aliphatic hydroxyl groups is 1. The third-order valence-electron chi connectivity index (χ3n) is 4.66. The van der Waals surface area contributed by atoms with Crippen molar-refractivity contribution in [3.8, 4) is 0 Å². The minimum absolute atomic E-state index is 0.354. The van der Waals surface area contributed by atoms with Crippen LogP contribution in [0, 0.1) is 0 Å². The largest absolute Gasteiger partial charge is 0.389 e. The molecule has 1 unspecified atom stereocenters. The second-order valence-corrected chi connectivity index (χ2v) is 6.22. The lowest BCUT2D eigenvalue weighted by Gasteiger charge is -2.34. The molecule has 0 aliphatic heterocycles. The topological polar surface area (TPSA) is 32.3 Å². The van der Waals surface area contributed by atoms with Crippen molar-refractivity contribution in [2.45, 2.75) is 70.4 Å². The van der Waals surface area contributed by atoms with E-state index < -0.39 is 5.60 Å². The molecule has 1 aliphatic carbocycles. The second-order valence-electron chi connectivity index (χ2n) is 6.22. The van der Waals surface area contributed by atoms with E-state index in [0.717, 1.165) is 32.2 Å².